The van der Waals surface area contributed by atoms with Crippen molar-refractivity contribution in [3.05, 3.63) is 47.7 Å². The molecule has 4 heterocycles. The molecule has 2 aliphatic rings. The van der Waals surface area contributed by atoms with Crippen LogP contribution in [0.25, 0.3) is 0 Å². The Bertz CT molecular complexity index is 969. The van der Waals surface area contributed by atoms with Crippen LogP contribution in [0.5, 0.6) is 0 Å². The second kappa shape index (κ2) is 10.0. The molecular formula is C23H28FN5O3. The Kier molecular flexibility index (Phi) is 6.94. The lowest BCUT2D eigenvalue weighted by molar-refractivity contribution is -0.135. The van der Waals surface area contributed by atoms with Crippen molar-refractivity contribution in [2.24, 2.45) is 0 Å². The maximum atomic E-state index is 13.1. The molecule has 0 radical (unpaired) electrons. The maximum absolute atomic E-state index is 13.1. The molecule has 8 nitrogen and oxygen atoms in total. The van der Waals surface area contributed by atoms with Gasteiger partial charge in [0, 0.05) is 55.6 Å². The van der Waals surface area contributed by atoms with Crippen LogP contribution in [0.2, 0.25) is 0 Å². The van der Waals surface area contributed by atoms with E-state index in [2.05, 4.69) is 15.3 Å². The Morgan fingerprint density at radius 1 is 1.31 bits per heavy atom. The minimum absolute atomic E-state index is 0.0268. The number of carbonyl (C=O) groups excluding carboxylic acids is 2. The summed E-state index contributed by atoms with van der Waals surface area (Å²) < 4.78 is 18.6. The van der Waals surface area contributed by atoms with E-state index in [1.807, 2.05) is 24.0 Å². The molecule has 2 fully saturated rings. The molecule has 0 unspecified atom stereocenters. The molecule has 1 N–H and O–H groups in total. The van der Waals surface area contributed by atoms with E-state index in [0.717, 1.165) is 36.5 Å². The third-order valence-electron chi connectivity index (χ3n) is 5.83. The predicted octanol–water partition coefficient (Wildman–Crippen LogP) is 2.62. The van der Waals surface area contributed by atoms with E-state index < -0.39 is 0 Å². The average Bonchev–Trinajstić information content (AvgIpc) is 3.42. The zero-order chi connectivity index (χ0) is 22.5. The van der Waals surface area contributed by atoms with Gasteiger partial charge in [-0.1, -0.05) is 0 Å². The fourth-order valence-electron chi connectivity index (χ4n) is 4.17. The normalized spacial score (nSPS) is 18.4. The van der Waals surface area contributed by atoms with Crippen LogP contribution in [-0.4, -0.2) is 71.0 Å². The highest BCUT2D eigenvalue weighted by Gasteiger charge is 2.28. The number of nitrogens with one attached hydrogen (secondary N) is 1. The van der Waals surface area contributed by atoms with Crippen molar-refractivity contribution < 1.29 is 18.7 Å². The molecule has 4 rings (SSSR count). The number of halogens is 1. The van der Waals surface area contributed by atoms with Gasteiger partial charge in [0.25, 0.3) is 0 Å². The van der Waals surface area contributed by atoms with Gasteiger partial charge in [0.1, 0.15) is 18.2 Å². The van der Waals surface area contributed by atoms with Gasteiger partial charge in [-0.3, -0.25) is 14.6 Å². The Morgan fingerprint density at radius 3 is 2.94 bits per heavy atom. The second-order valence-corrected chi connectivity index (χ2v) is 8.27. The highest BCUT2D eigenvalue weighted by Crippen LogP contribution is 2.29. The summed E-state index contributed by atoms with van der Waals surface area (Å²) in [5.74, 6) is 0.437. The second-order valence-electron chi connectivity index (χ2n) is 8.27. The lowest BCUT2D eigenvalue weighted by atomic mass is 10.0. The van der Waals surface area contributed by atoms with Gasteiger partial charge in [-0.2, -0.15) is 0 Å². The summed E-state index contributed by atoms with van der Waals surface area (Å²) in [6, 6.07) is 6.81. The van der Waals surface area contributed by atoms with Crippen LogP contribution in [0.15, 0.2) is 30.5 Å². The number of amides is 2. The first-order valence-electron chi connectivity index (χ1n) is 11.0. The Balaban J connectivity index is 1.28. The van der Waals surface area contributed by atoms with Gasteiger partial charge in [0.2, 0.25) is 11.8 Å². The number of anilines is 2. The Morgan fingerprint density at radius 2 is 2.19 bits per heavy atom. The van der Waals surface area contributed by atoms with E-state index in [0.29, 0.717) is 38.5 Å². The van der Waals surface area contributed by atoms with E-state index in [1.54, 1.807) is 11.0 Å². The SMILES string of the molecule is Cc1cc(Nc2ccc(F)cn2)cc([C@H]2CCN(C(=O)COCCN3CCCC3=O)C2)n1. The predicted molar refractivity (Wildman–Crippen MR) is 117 cm³/mol. The molecule has 2 aromatic heterocycles. The summed E-state index contributed by atoms with van der Waals surface area (Å²) in [6.07, 6.45) is 3.51. The van der Waals surface area contributed by atoms with Gasteiger partial charge >= 0.3 is 0 Å². The van der Waals surface area contributed by atoms with Gasteiger partial charge in [-0.25, -0.2) is 9.37 Å². The zero-order valence-corrected chi connectivity index (χ0v) is 18.2. The first-order chi connectivity index (χ1) is 15.5. The van der Waals surface area contributed by atoms with Crippen molar-refractivity contribution >= 4 is 23.3 Å². The lowest BCUT2D eigenvalue weighted by Crippen LogP contribution is -2.34. The van der Waals surface area contributed by atoms with Crippen molar-refractivity contribution in [3.63, 3.8) is 0 Å². The minimum Gasteiger partial charge on any atom is -0.370 e. The van der Waals surface area contributed by atoms with Gasteiger partial charge < -0.3 is 19.9 Å². The van der Waals surface area contributed by atoms with Gasteiger partial charge in [0.05, 0.1) is 12.8 Å². The Labute approximate surface area is 186 Å². The molecule has 0 spiro atoms. The lowest BCUT2D eigenvalue weighted by Gasteiger charge is -2.18. The van der Waals surface area contributed by atoms with Crippen LogP contribution in [-0.2, 0) is 14.3 Å². The summed E-state index contributed by atoms with van der Waals surface area (Å²) >= 11 is 0. The number of ether oxygens (including phenoxy) is 1. The molecule has 1 atom stereocenters. The quantitative estimate of drug-likeness (QED) is 0.634. The Hall–Kier alpha value is -3.07. The number of nitrogens with zero attached hydrogens (tertiary/aromatic N) is 4. The largest absolute Gasteiger partial charge is 0.370 e. The molecule has 170 valence electrons. The number of likely N-dealkylation sites (tertiary alicyclic amines) is 2. The summed E-state index contributed by atoms with van der Waals surface area (Å²) in [5.41, 5.74) is 2.60. The molecule has 0 bridgehead atoms. The minimum atomic E-state index is -0.383. The molecule has 0 aliphatic carbocycles. The zero-order valence-electron chi connectivity index (χ0n) is 18.2. The third kappa shape index (κ3) is 5.59. The molecule has 2 saturated heterocycles. The standard InChI is InChI=1S/C23H28FN5O3/c1-16-11-19(27-21-5-4-18(24)13-25-21)12-20(26-16)17-6-8-29(14-17)23(31)15-32-10-9-28-7-2-3-22(28)30/h4-5,11-13,17H,2-3,6-10,14-15H2,1H3,(H,25,26,27)/t17-/m0/s1. The summed E-state index contributed by atoms with van der Waals surface area (Å²) in [5, 5.41) is 3.18. The molecule has 0 aromatic carbocycles. The summed E-state index contributed by atoms with van der Waals surface area (Å²) in [6.45, 7) is 4.90. The molecule has 32 heavy (non-hydrogen) atoms. The molecule has 2 aromatic rings. The van der Waals surface area contributed by atoms with Gasteiger partial charge in [-0.05, 0) is 44.0 Å². The fourth-order valence-corrected chi connectivity index (χ4v) is 4.17. The van der Waals surface area contributed by atoms with E-state index in [-0.39, 0.29) is 30.2 Å². The van der Waals surface area contributed by atoms with Crippen LogP contribution in [0.3, 0.4) is 0 Å². The fraction of sp³-hybridized carbons (Fsp3) is 0.478. The maximum Gasteiger partial charge on any atom is 0.248 e. The van der Waals surface area contributed by atoms with Crippen molar-refractivity contribution in [3.8, 4) is 0 Å². The number of hydrogen-bond donors (Lipinski definition) is 1. The molecule has 0 saturated carbocycles. The van der Waals surface area contributed by atoms with Crippen molar-refractivity contribution in [2.75, 3.05) is 44.7 Å². The van der Waals surface area contributed by atoms with Crippen LogP contribution in [0.1, 0.15) is 36.6 Å². The highest BCUT2D eigenvalue weighted by atomic mass is 19.1. The van der Waals surface area contributed by atoms with E-state index >= 15 is 0 Å². The topological polar surface area (TPSA) is 87.7 Å². The van der Waals surface area contributed by atoms with Crippen LogP contribution in [0, 0.1) is 12.7 Å². The van der Waals surface area contributed by atoms with Crippen LogP contribution >= 0.6 is 0 Å². The van der Waals surface area contributed by atoms with Crippen LogP contribution in [0.4, 0.5) is 15.9 Å². The number of aromatic nitrogens is 2. The van der Waals surface area contributed by atoms with Gasteiger partial charge in [-0.15, -0.1) is 0 Å². The van der Waals surface area contributed by atoms with Crippen molar-refractivity contribution in [1.82, 2.24) is 19.8 Å². The first kappa shape index (κ1) is 22.1. The number of pyridine rings is 2. The summed E-state index contributed by atoms with van der Waals surface area (Å²) in [7, 11) is 0. The molecule has 9 heteroatoms. The van der Waals surface area contributed by atoms with Crippen molar-refractivity contribution in [2.45, 2.75) is 32.1 Å². The van der Waals surface area contributed by atoms with Gasteiger partial charge in [0.15, 0.2) is 0 Å². The van der Waals surface area contributed by atoms with Crippen LogP contribution < -0.4 is 5.32 Å². The number of aryl methyl sites for hydroxylation is 1. The first-order valence-corrected chi connectivity index (χ1v) is 11.0. The molecule has 2 amide bonds. The summed E-state index contributed by atoms with van der Waals surface area (Å²) in [4.78, 5) is 36.4. The third-order valence-corrected chi connectivity index (χ3v) is 5.83. The van der Waals surface area contributed by atoms with E-state index in [9.17, 15) is 14.0 Å². The van der Waals surface area contributed by atoms with E-state index in [1.165, 1.54) is 12.3 Å². The smallest absolute Gasteiger partial charge is 0.248 e. The molecular weight excluding hydrogens is 413 g/mol. The highest BCUT2D eigenvalue weighted by molar-refractivity contribution is 5.78. The van der Waals surface area contributed by atoms with Crippen molar-refractivity contribution in [1.29, 1.82) is 0 Å². The average molecular weight is 442 g/mol. The monoisotopic (exact) mass is 441 g/mol. The van der Waals surface area contributed by atoms with E-state index in [4.69, 9.17) is 4.74 Å². The number of hydrogen-bond acceptors (Lipinski definition) is 6. The number of carbonyl (C=O) groups is 2. The molecule has 2 aliphatic heterocycles. The number of rotatable bonds is 8.